The molecule has 0 nitrogen and oxygen atoms in total. The molecule has 0 fully saturated rings. The molecular formula is C8H11Cl. The molecule has 0 saturated heterocycles. The van der Waals surface area contributed by atoms with E-state index in [-0.39, 0.29) is 0 Å². The molecule has 0 aliphatic carbocycles. The fourth-order valence-electron chi connectivity index (χ4n) is 0.318. The normalized spacial score (nSPS) is 12.6. The van der Waals surface area contributed by atoms with Crippen LogP contribution in [0.3, 0.4) is 0 Å². The van der Waals surface area contributed by atoms with Crippen LogP contribution in [0, 0.1) is 0 Å². The molecule has 50 valence electrons. The maximum atomic E-state index is 5.64. The van der Waals surface area contributed by atoms with E-state index in [1.807, 2.05) is 32.1 Å². The monoisotopic (exact) mass is 142 g/mol. The first kappa shape index (κ1) is 8.51. The summed E-state index contributed by atoms with van der Waals surface area (Å²) in [5.74, 6) is 0. The van der Waals surface area contributed by atoms with Crippen molar-refractivity contribution in [2.45, 2.75) is 13.8 Å². The highest BCUT2D eigenvalue weighted by Gasteiger charge is 1.78. The van der Waals surface area contributed by atoms with Crippen LogP contribution in [0.4, 0.5) is 0 Å². The Morgan fingerprint density at radius 1 is 1.44 bits per heavy atom. The smallest absolute Gasteiger partial charge is 0.0363 e. The van der Waals surface area contributed by atoms with E-state index >= 15 is 0 Å². The van der Waals surface area contributed by atoms with Crippen molar-refractivity contribution in [2.24, 2.45) is 0 Å². The highest BCUT2D eigenvalue weighted by molar-refractivity contribution is 6.31. The second kappa shape index (κ2) is 4.39. The summed E-state index contributed by atoms with van der Waals surface area (Å²) < 4.78 is 0. The van der Waals surface area contributed by atoms with E-state index in [0.29, 0.717) is 0 Å². The lowest BCUT2D eigenvalue weighted by Gasteiger charge is -1.84. The Labute approximate surface area is 61.5 Å². The Kier molecular flexibility index (Phi) is 4.16. The molecule has 0 radical (unpaired) electrons. The van der Waals surface area contributed by atoms with Crippen molar-refractivity contribution in [1.29, 1.82) is 0 Å². The first-order chi connectivity index (χ1) is 4.16. The molecule has 0 heterocycles. The third-order valence-electron chi connectivity index (χ3n) is 0.803. The fraction of sp³-hybridized carbons (Fsp3) is 0.250. The molecule has 0 atom stereocenters. The molecule has 0 spiro atoms. The number of allylic oxidation sites excluding steroid dienone is 5. The molecule has 1 heteroatoms. The van der Waals surface area contributed by atoms with Crippen LogP contribution in [0.5, 0.6) is 0 Å². The molecule has 0 rings (SSSR count). The van der Waals surface area contributed by atoms with Gasteiger partial charge in [0.25, 0.3) is 0 Å². The third kappa shape index (κ3) is 5.38. The molecule has 0 N–H and O–H groups in total. The van der Waals surface area contributed by atoms with Crippen molar-refractivity contribution in [3.05, 3.63) is 35.4 Å². The number of hydrogen-bond donors (Lipinski definition) is 0. The zero-order valence-electron chi connectivity index (χ0n) is 5.82. The topological polar surface area (TPSA) is 0 Å². The van der Waals surface area contributed by atoms with E-state index in [1.54, 1.807) is 0 Å². The Bertz CT molecular complexity index is 152. The molecule has 0 aromatic carbocycles. The number of hydrogen-bond acceptors (Lipinski definition) is 0. The van der Waals surface area contributed by atoms with Crippen LogP contribution in [0.15, 0.2) is 35.4 Å². The summed E-state index contributed by atoms with van der Waals surface area (Å²) in [6.45, 7) is 7.51. The first-order valence-electron chi connectivity index (χ1n) is 2.82. The van der Waals surface area contributed by atoms with Crippen LogP contribution in [-0.2, 0) is 0 Å². The quantitative estimate of drug-likeness (QED) is 0.520. The average molecular weight is 143 g/mol. The summed E-state index contributed by atoms with van der Waals surface area (Å²) in [6.07, 6.45) is 5.53. The van der Waals surface area contributed by atoms with Gasteiger partial charge in [0.1, 0.15) is 0 Å². The van der Waals surface area contributed by atoms with Gasteiger partial charge in [-0.25, -0.2) is 0 Å². The molecule has 0 bridgehead atoms. The zero-order valence-corrected chi connectivity index (χ0v) is 6.57. The van der Waals surface area contributed by atoms with E-state index in [1.165, 1.54) is 0 Å². The van der Waals surface area contributed by atoms with Gasteiger partial charge in [0.05, 0.1) is 0 Å². The summed E-state index contributed by atoms with van der Waals surface area (Å²) in [5, 5.41) is 0.748. The van der Waals surface area contributed by atoms with Crippen LogP contribution in [-0.4, -0.2) is 0 Å². The highest BCUT2D eigenvalue weighted by atomic mass is 35.5. The summed E-state index contributed by atoms with van der Waals surface area (Å²) >= 11 is 5.64. The minimum absolute atomic E-state index is 0.748. The van der Waals surface area contributed by atoms with Crippen LogP contribution < -0.4 is 0 Å². The summed E-state index contributed by atoms with van der Waals surface area (Å²) in [5.41, 5.74) is 1.01. The minimum atomic E-state index is 0.748. The van der Waals surface area contributed by atoms with Crippen molar-refractivity contribution in [3.63, 3.8) is 0 Å². The van der Waals surface area contributed by atoms with Crippen LogP contribution >= 0.6 is 11.6 Å². The van der Waals surface area contributed by atoms with Crippen molar-refractivity contribution in [3.8, 4) is 0 Å². The van der Waals surface area contributed by atoms with E-state index in [4.69, 9.17) is 11.6 Å². The summed E-state index contributed by atoms with van der Waals surface area (Å²) in [6, 6.07) is 0. The third-order valence-corrected chi connectivity index (χ3v) is 1.15. The lowest BCUT2D eigenvalue weighted by molar-refractivity contribution is 1.55. The SMILES string of the molecule is C=C(C)/C=C\C(Cl)=C/C. The predicted molar refractivity (Wildman–Crippen MR) is 43.6 cm³/mol. The summed E-state index contributed by atoms with van der Waals surface area (Å²) in [7, 11) is 0. The average Bonchev–Trinajstić information content (AvgIpc) is 1.83. The van der Waals surface area contributed by atoms with Gasteiger partial charge < -0.3 is 0 Å². The molecule has 0 amide bonds. The van der Waals surface area contributed by atoms with Gasteiger partial charge in [-0.15, -0.1) is 0 Å². The molecule has 0 aliphatic rings. The molecule has 0 unspecified atom stereocenters. The Hall–Kier alpha value is -0.490. The maximum absolute atomic E-state index is 5.64. The molecular weight excluding hydrogens is 132 g/mol. The molecule has 0 aromatic rings. The Balaban J connectivity index is 3.86. The van der Waals surface area contributed by atoms with Gasteiger partial charge in [-0.1, -0.05) is 35.9 Å². The second-order valence-electron chi connectivity index (χ2n) is 1.85. The van der Waals surface area contributed by atoms with Crippen LogP contribution in [0.1, 0.15) is 13.8 Å². The van der Waals surface area contributed by atoms with E-state index in [2.05, 4.69) is 6.58 Å². The highest BCUT2D eigenvalue weighted by Crippen LogP contribution is 2.03. The predicted octanol–water partition coefficient (Wildman–Crippen LogP) is 3.26. The van der Waals surface area contributed by atoms with Crippen molar-refractivity contribution in [1.82, 2.24) is 0 Å². The zero-order chi connectivity index (χ0) is 7.28. The van der Waals surface area contributed by atoms with Gasteiger partial charge in [-0.05, 0) is 19.9 Å². The standard InChI is InChI=1S/C8H11Cl/c1-4-8(9)6-5-7(2)3/h4-6H,2H2,1,3H3/b6-5-,8-4+. The molecule has 0 aromatic heterocycles. The van der Waals surface area contributed by atoms with Gasteiger partial charge in [0.15, 0.2) is 0 Å². The van der Waals surface area contributed by atoms with Gasteiger partial charge >= 0.3 is 0 Å². The molecule has 9 heavy (non-hydrogen) atoms. The maximum Gasteiger partial charge on any atom is 0.0363 e. The lowest BCUT2D eigenvalue weighted by Crippen LogP contribution is -1.62. The Morgan fingerprint density at radius 3 is 2.33 bits per heavy atom. The largest absolute Gasteiger partial charge is 0.0961 e. The Morgan fingerprint density at radius 2 is 2.00 bits per heavy atom. The lowest BCUT2D eigenvalue weighted by atomic mass is 10.3. The van der Waals surface area contributed by atoms with Gasteiger partial charge in [-0.3, -0.25) is 0 Å². The van der Waals surface area contributed by atoms with E-state index < -0.39 is 0 Å². The van der Waals surface area contributed by atoms with Gasteiger partial charge in [-0.2, -0.15) is 0 Å². The van der Waals surface area contributed by atoms with Crippen molar-refractivity contribution in [2.75, 3.05) is 0 Å². The van der Waals surface area contributed by atoms with Gasteiger partial charge in [0, 0.05) is 5.03 Å². The number of rotatable bonds is 2. The first-order valence-corrected chi connectivity index (χ1v) is 3.20. The second-order valence-corrected chi connectivity index (χ2v) is 2.29. The van der Waals surface area contributed by atoms with Crippen molar-refractivity contribution >= 4 is 11.6 Å². The fourth-order valence-corrected chi connectivity index (χ4v) is 0.381. The summed E-state index contributed by atoms with van der Waals surface area (Å²) in [4.78, 5) is 0. The van der Waals surface area contributed by atoms with Crippen molar-refractivity contribution < 1.29 is 0 Å². The van der Waals surface area contributed by atoms with Gasteiger partial charge in [0.2, 0.25) is 0 Å². The van der Waals surface area contributed by atoms with E-state index in [0.717, 1.165) is 10.6 Å². The van der Waals surface area contributed by atoms with Crippen LogP contribution in [0.2, 0.25) is 0 Å². The van der Waals surface area contributed by atoms with E-state index in [9.17, 15) is 0 Å². The number of halogens is 1. The molecule has 0 aliphatic heterocycles. The molecule has 0 saturated carbocycles. The van der Waals surface area contributed by atoms with Crippen LogP contribution in [0.25, 0.3) is 0 Å². The minimum Gasteiger partial charge on any atom is -0.0961 e.